The van der Waals surface area contributed by atoms with Crippen molar-refractivity contribution in [2.75, 3.05) is 18.5 Å². The predicted octanol–water partition coefficient (Wildman–Crippen LogP) is 2.63. The molecule has 0 amide bonds. The largest absolute Gasteiger partial charge is 0.396 e. The van der Waals surface area contributed by atoms with E-state index in [9.17, 15) is 9.90 Å². The van der Waals surface area contributed by atoms with E-state index in [4.69, 9.17) is 0 Å². The van der Waals surface area contributed by atoms with Gasteiger partial charge in [-0.15, -0.1) is 0 Å². The molecule has 0 saturated heterocycles. The van der Waals surface area contributed by atoms with E-state index in [1.807, 2.05) is 0 Å². The first-order valence-corrected chi connectivity index (χ1v) is 8.37. The van der Waals surface area contributed by atoms with Crippen molar-refractivity contribution in [3.63, 3.8) is 0 Å². The molecule has 6 heteroatoms. The van der Waals surface area contributed by atoms with E-state index in [2.05, 4.69) is 40.2 Å². The summed E-state index contributed by atoms with van der Waals surface area (Å²) >= 11 is 3.37. The number of aromatic nitrogens is 2. The summed E-state index contributed by atoms with van der Waals surface area (Å²) in [4.78, 5) is 12.2. The van der Waals surface area contributed by atoms with Gasteiger partial charge < -0.3 is 10.4 Å². The van der Waals surface area contributed by atoms with Crippen LogP contribution in [-0.2, 0) is 6.54 Å². The molecule has 5 nitrogen and oxygen atoms in total. The molecule has 0 aromatic carbocycles. The minimum atomic E-state index is -0.113. The van der Waals surface area contributed by atoms with E-state index in [0.717, 1.165) is 25.7 Å². The highest BCUT2D eigenvalue weighted by molar-refractivity contribution is 9.10. The van der Waals surface area contributed by atoms with Crippen molar-refractivity contribution in [3.05, 3.63) is 21.0 Å². The van der Waals surface area contributed by atoms with Gasteiger partial charge in [0.2, 0.25) is 0 Å². The Balaban J connectivity index is 2.11. The number of halogens is 1. The first-order valence-electron chi connectivity index (χ1n) is 7.58. The van der Waals surface area contributed by atoms with Gasteiger partial charge in [-0.1, -0.05) is 26.7 Å². The smallest absolute Gasteiger partial charge is 0.283 e. The molecule has 0 aliphatic heterocycles. The Morgan fingerprint density at radius 3 is 2.71 bits per heavy atom. The molecule has 2 N–H and O–H groups in total. The van der Waals surface area contributed by atoms with Gasteiger partial charge in [0.1, 0.15) is 4.47 Å². The first-order chi connectivity index (χ1) is 9.97. The number of aliphatic hydroxyl groups excluding tert-OH is 1. The number of hydrogen-bond acceptors (Lipinski definition) is 4. The maximum Gasteiger partial charge on any atom is 0.283 e. The van der Waals surface area contributed by atoms with E-state index in [-0.39, 0.29) is 17.6 Å². The maximum absolute atomic E-state index is 12.2. The van der Waals surface area contributed by atoms with Crippen molar-refractivity contribution in [3.8, 4) is 0 Å². The molecular weight excluding hydrogens is 334 g/mol. The van der Waals surface area contributed by atoms with Crippen LogP contribution in [0.5, 0.6) is 0 Å². The van der Waals surface area contributed by atoms with Crippen molar-refractivity contribution >= 4 is 21.6 Å². The second-order valence-corrected chi connectivity index (χ2v) is 7.27. The topological polar surface area (TPSA) is 67.2 Å². The molecule has 1 aromatic heterocycles. The molecule has 0 unspecified atom stereocenters. The standard InChI is InChI=1S/C15H24BrN3O2/c1-11(2)8-19-14(21)13(16)12(7-18-19)17-9-15(10-20)5-3-4-6-15/h7,11,17,20H,3-6,8-10H2,1-2H3. The molecule has 1 saturated carbocycles. The Morgan fingerprint density at radius 1 is 1.48 bits per heavy atom. The van der Waals surface area contributed by atoms with Crippen LogP contribution in [0.25, 0.3) is 0 Å². The average Bonchev–Trinajstić information content (AvgIpc) is 2.92. The van der Waals surface area contributed by atoms with Gasteiger partial charge in [-0.2, -0.15) is 5.10 Å². The minimum absolute atomic E-state index is 0.0494. The van der Waals surface area contributed by atoms with Crippen LogP contribution >= 0.6 is 15.9 Å². The van der Waals surface area contributed by atoms with Crippen LogP contribution in [0.3, 0.4) is 0 Å². The second-order valence-electron chi connectivity index (χ2n) is 6.47. The maximum atomic E-state index is 12.2. The third-order valence-electron chi connectivity index (χ3n) is 4.18. The molecule has 1 aliphatic carbocycles. The summed E-state index contributed by atoms with van der Waals surface area (Å²) in [6.45, 7) is 5.59. The van der Waals surface area contributed by atoms with Gasteiger partial charge >= 0.3 is 0 Å². The van der Waals surface area contributed by atoms with Gasteiger partial charge in [0.15, 0.2) is 0 Å². The lowest BCUT2D eigenvalue weighted by molar-refractivity contribution is 0.142. The van der Waals surface area contributed by atoms with Gasteiger partial charge in [-0.3, -0.25) is 4.79 Å². The lowest BCUT2D eigenvalue weighted by Gasteiger charge is -2.27. The highest BCUT2D eigenvalue weighted by Crippen LogP contribution is 2.37. The molecule has 0 radical (unpaired) electrons. The molecular formula is C15H24BrN3O2. The highest BCUT2D eigenvalue weighted by Gasteiger charge is 2.33. The highest BCUT2D eigenvalue weighted by atomic mass is 79.9. The van der Waals surface area contributed by atoms with Crippen molar-refractivity contribution < 1.29 is 5.11 Å². The molecule has 1 aliphatic rings. The summed E-state index contributed by atoms with van der Waals surface area (Å²) in [5.74, 6) is 0.372. The molecule has 1 heterocycles. The van der Waals surface area contributed by atoms with E-state index in [0.29, 0.717) is 29.2 Å². The summed E-state index contributed by atoms with van der Waals surface area (Å²) in [6, 6.07) is 0. The molecule has 0 bridgehead atoms. The Kier molecular flexibility index (Phi) is 5.43. The SMILES string of the molecule is CC(C)Cn1ncc(NCC2(CO)CCCC2)c(Br)c1=O. The number of nitrogens with zero attached hydrogens (tertiary/aromatic N) is 2. The van der Waals surface area contributed by atoms with Crippen LogP contribution in [0.4, 0.5) is 5.69 Å². The summed E-state index contributed by atoms with van der Waals surface area (Å²) in [7, 11) is 0. The number of hydrogen-bond donors (Lipinski definition) is 2. The third-order valence-corrected chi connectivity index (χ3v) is 4.94. The zero-order chi connectivity index (χ0) is 15.5. The molecule has 0 spiro atoms. The Bertz CT molecular complexity index is 536. The molecule has 118 valence electrons. The zero-order valence-electron chi connectivity index (χ0n) is 12.7. The van der Waals surface area contributed by atoms with Gasteiger partial charge in [-0.05, 0) is 34.7 Å². The van der Waals surface area contributed by atoms with Crippen LogP contribution in [0.2, 0.25) is 0 Å². The van der Waals surface area contributed by atoms with Gasteiger partial charge in [-0.25, -0.2) is 4.68 Å². The number of anilines is 1. The fraction of sp³-hybridized carbons (Fsp3) is 0.733. The van der Waals surface area contributed by atoms with E-state index in [1.54, 1.807) is 6.20 Å². The quantitative estimate of drug-likeness (QED) is 0.821. The fourth-order valence-corrected chi connectivity index (χ4v) is 3.31. The summed E-state index contributed by atoms with van der Waals surface area (Å²) < 4.78 is 2.00. The van der Waals surface area contributed by atoms with Crippen LogP contribution in [-0.4, -0.2) is 28.0 Å². The predicted molar refractivity (Wildman–Crippen MR) is 87.5 cm³/mol. The third kappa shape index (κ3) is 3.86. The van der Waals surface area contributed by atoms with Gasteiger partial charge in [0, 0.05) is 18.5 Å². The van der Waals surface area contributed by atoms with Crippen molar-refractivity contribution in [2.24, 2.45) is 11.3 Å². The van der Waals surface area contributed by atoms with E-state index < -0.39 is 0 Å². The Morgan fingerprint density at radius 2 is 2.14 bits per heavy atom. The molecule has 0 atom stereocenters. The van der Waals surface area contributed by atoms with Crippen LogP contribution in [0.1, 0.15) is 39.5 Å². The summed E-state index contributed by atoms with van der Waals surface area (Å²) in [5, 5.41) is 17.1. The lowest BCUT2D eigenvalue weighted by Crippen LogP contribution is -2.32. The minimum Gasteiger partial charge on any atom is -0.396 e. The molecule has 1 fully saturated rings. The number of nitrogens with one attached hydrogen (secondary N) is 1. The fourth-order valence-electron chi connectivity index (χ4n) is 2.86. The van der Waals surface area contributed by atoms with Crippen molar-refractivity contribution in [2.45, 2.75) is 46.1 Å². The molecule has 2 rings (SSSR count). The van der Waals surface area contributed by atoms with E-state index in [1.165, 1.54) is 4.68 Å². The second kappa shape index (κ2) is 6.92. The van der Waals surface area contributed by atoms with Gasteiger partial charge in [0.25, 0.3) is 5.56 Å². The summed E-state index contributed by atoms with van der Waals surface area (Å²) in [5.41, 5.74) is 0.546. The number of rotatable bonds is 6. The monoisotopic (exact) mass is 357 g/mol. The van der Waals surface area contributed by atoms with Crippen LogP contribution < -0.4 is 10.9 Å². The van der Waals surface area contributed by atoms with Gasteiger partial charge in [0.05, 0.1) is 18.5 Å². The molecule has 21 heavy (non-hydrogen) atoms. The van der Waals surface area contributed by atoms with Crippen LogP contribution in [0.15, 0.2) is 15.5 Å². The average molecular weight is 358 g/mol. The Hall–Kier alpha value is -0.880. The van der Waals surface area contributed by atoms with Crippen molar-refractivity contribution in [1.82, 2.24) is 9.78 Å². The summed E-state index contributed by atoms with van der Waals surface area (Å²) in [6.07, 6.45) is 6.08. The van der Waals surface area contributed by atoms with Crippen LogP contribution in [0, 0.1) is 11.3 Å². The number of aliphatic hydroxyl groups is 1. The Labute approximate surface area is 133 Å². The normalized spacial score (nSPS) is 17.4. The van der Waals surface area contributed by atoms with Crippen molar-refractivity contribution in [1.29, 1.82) is 0 Å². The first kappa shape index (κ1) is 16.5. The molecule has 1 aromatic rings. The lowest BCUT2D eigenvalue weighted by atomic mass is 9.87. The zero-order valence-corrected chi connectivity index (χ0v) is 14.3. The van der Waals surface area contributed by atoms with E-state index >= 15 is 0 Å².